The summed E-state index contributed by atoms with van der Waals surface area (Å²) < 4.78 is 32.3. The van der Waals surface area contributed by atoms with Crippen molar-refractivity contribution in [1.29, 1.82) is 0 Å². The van der Waals surface area contributed by atoms with Gasteiger partial charge in [-0.25, -0.2) is 8.78 Å². The summed E-state index contributed by atoms with van der Waals surface area (Å²) in [6.07, 6.45) is -0.751. The molecule has 0 aliphatic rings. The van der Waals surface area contributed by atoms with Gasteiger partial charge in [-0.05, 0) is 43.2 Å². The number of rotatable bonds is 3. The van der Waals surface area contributed by atoms with Crippen molar-refractivity contribution in [1.82, 2.24) is 0 Å². The first-order chi connectivity index (χ1) is 8.97. The lowest BCUT2D eigenvalue weighted by molar-refractivity contribution is 0.198. The highest BCUT2D eigenvalue weighted by molar-refractivity contribution is 5.39. The van der Waals surface area contributed by atoms with E-state index >= 15 is 0 Å². The maximum Gasteiger partial charge on any atom is 0.166 e. The second-order valence-electron chi connectivity index (χ2n) is 4.38. The number of halogens is 2. The summed E-state index contributed by atoms with van der Waals surface area (Å²) in [6.45, 7) is 3.29. The van der Waals surface area contributed by atoms with Crippen LogP contribution in [0, 0.1) is 18.6 Å². The van der Waals surface area contributed by atoms with Crippen LogP contribution in [0.5, 0.6) is 11.5 Å². The van der Waals surface area contributed by atoms with E-state index < -0.39 is 17.7 Å². The van der Waals surface area contributed by atoms with E-state index in [-0.39, 0.29) is 11.5 Å². The number of ether oxygens (including phenoxy) is 1. The van der Waals surface area contributed by atoms with Gasteiger partial charge in [-0.15, -0.1) is 0 Å². The molecule has 2 rings (SSSR count). The summed E-state index contributed by atoms with van der Waals surface area (Å²) in [5.41, 5.74) is 1.17. The van der Waals surface area contributed by atoms with Gasteiger partial charge in [0, 0.05) is 6.07 Å². The molecule has 100 valence electrons. The lowest BCUT2D eigenvalue weighted by Crippen LogP contribution is -1.95. The fourth-order valence-corrected chi connectivity index (χ4v) is 1.66. The lowest BCUT2D eigenvalue weighted by atomic mass is 10.1. The first-order valence-corrected chi connectivity index (χ1v) is 5.89. The first kappa shape index (κ1) is 13.5. The van der Waals surface area contributed by atoms with Crippen molar-refractivity contribution >= 4 is 0 Å². The zero-order valence-corrected chi connectivity index (χ0v) is 10.7. The van der Waals surface area contributed by atoms with Crippen molar-refractivity contribution in [2.24, 2.45) is 0 Å². The number of aliphatic hydroxyl groups excluding tert-OH is 1. The maximum atomic E-state index is 13.8. The van der Waals surface area contributed by atoms with Gasteiger partial charge in [-0.1, -0.05) is 12.1 Å². The second kappa shape index (κ2) is 5.36. The summed E-state index contributed by atoms with van der Waals surface area (Å²) in [5.74, 6) is -0.773. The normalized spacial score (nSPS) is 12.3. The zero-order chi connectivity index (χ0) is 14.0. The van der Waals surface area contributed by atoms with Gasteiger partial charge < -0.3 is 9.84 Å². The third kappa shape index (κ3) is 3.09. The Labute approximate surface area is 110 Å². The first-order valence-electron chi connectivity index (χ1n) is 5.89. The van der Waals surface area contributed by atoms with Gasteiger partial charge in [0.05, 0.1) is 6.10 Å². The predicted molar refractivity (Wildman–Crippen MR) is 68.2 cm³/mol. The van der Waals surface area contributed by atoms with Crippen molar-refractivity contribution in [3.05, 3.63) is 59.2 Å². The molecule has 2 aromatic carbocycles. The topological polar surface area (TPSA) is 29.5 Å². The van der Waals surface area contributed by atoms with Crippen LogP contribution in [-0.2, 0) is 0 Å². The number of benzene rings is 2. The molecule has 0 unspecified atom stereocenters. The van der Waals surface area contributed by atoms with Gasteiger partial charge in [0.2, 0.25) is 0 Å². The minimum atomic E-state index is -0.751. The molecule has 4 heteroatoms. The number of hydrogen-bond acceptors (Lipinski definition) is 2. The van der Waals surface area contributed by atoms with Crippen LogP contribution in [0.2, 0.25) is 0 Å². The summed E-state index contributed by atoms with van der Waals surface area (Å²) in [5, 5.41) is 9.35. The molecular weight excluding hydrogens is 250 g/mol. The molecule has 0 radical (unpaired) electrons. The Morgan fingerprint density at radius 2 is 1.79 bits per heavy atom. The highest BCUT2D eigenvalue weighted by Gasteiger charge is 2.10. The molecule has 2 aromatic rings. The third-order valence-electron chi connectivity index (χ3n) is 2.81. The molecule has 0 aromatic heterocycles. The Morgan fingerprint density at radius 3 is 2.42 bits per heavy atom. The predicted octanol–water partition coefficient (Wildman–Crippen LogP) is 4.12. The number of hydrogen-bond donors (Lipinski definition) is 1. The minimum Gasteiger partial charge on any atom is -0.454 e. The Balaban J connectivity index is 2.31. The quantitative estimate of drug-likeness (QED) is 0.903. The van der Waals surface area contributed by atoms with Gasteiger partial charge in [-0.2, -0.15) is 0 Å². The van der Waals surface area contributed by atoms with Gasteiger partial charge in [-0.3, -0.25) is 0 Å². The molecule has 1 atom stereocenters. The van der Waals surface area contributed by atoms with Crippen molar-refractivity contribution < 1.29 is 18.6 Å². The smallest absolute Gasteiger partial charge is 0.166 e. The molecular formula is C15H14F2O2. The highest BCUT2D eigenvalue weighted by Crippen LogP contribution is 2.29. The maximum absolute atomic E-state index is 13.8. The molecule has 0 saturated heterocycles. The fraction of sp³-hybridized carbons (Fsp3) is 0.200. The van der Waals surface area contributed by atoms with E-state index in [2.05, 4.69) is 0 Å². The van der Waals surface area contributed by atoms with Crippen molar-refractivity contribution in [3.63, 3.8) is 0 Å². The molecule has 1 N–H and O–H groups in total. The summed E-state index contributed by atoms with van der Waals surface area (Å²) >= 11 is 0. The van der Waals surface area contributed by atoms with Crippen LogP contribution in [0.4, 0.5) is 8.78 Å². The molecule has 0 spiro atoms. The number of aryl methyl sites for hydroxylation is 1. The Morgan fingerprint density at radius 1 is 1.05 bits per heavy atom. The van der Waals surface area contributed by atoms with Gasteiger partial charge in [0.15, 0.2) is 11.6 Å². The monoisotopic (exact) mass is 264 g/mol. The van der Waals surface area contributed by atoms with Gasteiger partial charge in [0.1, 0.15) is 11.6 Å². The summed E-state index contributed by atoms with van der Waals surface area (Å²) in [7, 11) is 0. The van der Waals surface area contributed by atoms with Gasteiger partial charge in [0.25, 0.3) is 0 Å². The van der Waals surface area contributed by atoms with E-state index in [0.29, 0.717) is 11.1 Å². The van der Waals surface area contributed by atoms with E-state index in [1.165, 1.54) is 24.3 Å². The fourth-order valence-electron chi connectivity index (χ4n) is 1.66. The van der Waals surface area contributed by atoms with E-state index in [0.717, 1.165) is 0 Å². The average Bonchev–Trinajstić information content (AvgIpc) is 2.36. The molecule has 0 bridgehead atoms. The van der Waals surface area contributed by atoms with Crippen LogP contribution in [0.1, 0.15) is 24.2 Å². The highest BCUT2D eigenvalue weighted by atomic mass is 19.1. The van der Waals surface area contributed by atoms with Crippen molar-refractivity contribution in [3.8, 4) is 11.5 Å². The standard InChI is InChI=1S/C15H14F2O2/c1-9-3-5-12(16)8-15(9)19-14-6-4-11(10(2)18)7-13(14)17/h3-8,10,18H,1-2H3/t10-/m1/s1. The van der Waals surface area contributed by atoms with E-state index in [1.807, 2.05) is 0 Å². The summed E-state index contributed by atoms with van der Waals surface area (Å²) in [6, 6.07) is 8.27. The molecule has 0 heterocycles. The molecule has 0 saturated carbocycles. The second-order valence-corrected chi connectivity index (χ2v) is 4.38. The molecule has 19 heavy (non-hydrogen) atoms. The Bertz CT molecular complexity index is 595. The molecule has 0 amide bonds. The van der Waals surface area contributed by atoms with Crippen LogP contribution in [0.25, 0.3) is 0 Å². The average molecular weight is 264 g/mol. The lowest BCUT2D eigenvalue weighted by Gasteiger charge is -2.11. The number of aliphatic hydroxyl groups is 1. The van der Waals surface area contributed by atoms with Crippen molar-refractivity contribution in [2.75, 3.05) is 0 Å². The zero-order valence-electron chi connectivity index (χ0n) is 10.7. The van der Waals surface area contributed by atoms with Crippen molar-refractivity contribution in [2.45, 2.75) is 20.0 Å². The van der Waals surface area contributed by atoms with Crippen LogP contribution in [0.3, 0.4) is 0 Å². The largest absolute Gasteiger partial charge is 0.454 e. The molecule has 0 aliphatic heterocycles. The summed E-state index contributed by atoms with van der Waals surface area (Å²) in [4.78, 5) is 0. The van der Waals surface area contributed by atoms with E-state index in [1.54, 1.807) is 26.0 Å². The SMILES string of the molecule is Cc1ccc(F)cc1Oc1ccc([C@@H](C)O)cc1F. The molecule has 2 nitrogen and oxygen atoms in total. The van der Waals surface area contributed by atoms with E-state index in [4.69, 9.17) is 4.74 Å². The van der Waals surface area contributed by atoms with Crippen LogP contribution < -0.4 is 4.74 Å². The third-order valence-corrected chi connectivity index (χ3v) is 2.81. The van der Waals surface area contributed by atoms with Gasteiger partial charge >= 0.3 is 0 Å². The van der Waals surface area contributed by atoms with E-state index in [9.17, 15) is 13.9 Å². The van der Waals surface area contributed by atoms with Crippen LogP contribution >= 0.6 is 0 Å². The Kier molecular flexibility index (Phi) is 3.81. The minimum absolute atomic E-state index is 0.00176. The Hall–Kier alpha value is -1.94. The van der Waals surface area contributed by atoms with Crippen LogP contribution in [-0.4, -0.2) is 5.11 Å². The van der Waals surface area contributed by atoms with Crippen LogP contribution in [0.15, 0.2) is 36.4 Å². The molecule has 0 fully saturated rings. The molecule has 0 aliphatic carbocycles.